The van der Waals surface area contributed by atoms with Crippen molar-refractivity contribution in [1.29, 1.82) is 0 Å². The van der Waals surface area contributed by atoms with Crippen molar-refractivity contribution in [3.8, 4) is 5.82 Å². The van der Waals surface area contributed by atoms with Crippen LogP contribution in [0.25, 0.3) is 5.82 Å². The fourth-order valence-electron chi connectivity index (χ4n) is 1.12. The van der Waals surface area contributed by atoms with Gasteiger partial charge < -0.3 is 5.73 Å². The summed E-state index contributed by atoms with van der Waals surface area (Å²) in [7, 11) is 0. The molecule has 0 bridgehead atoms. The zero-order valence-electron chi connectivity index (χ0n) is 7.48. The van der Waals surface area contributed by atoms with E-state index in [1.54, 1.807) is 10.9 Å². The third kappa shape index (κ3) is 1.84. The topological polar surface area (TPSA) is 69.6 Å². The Labute approximate surface area is 94.5 Å². The van der Waals surface area contributed by atoms with Crippen LogP contribution in [-0.2, 0) is 0 Å². The molecule has 6 heteroatoms. The minimum absolute atomic E-state index is 0.269. The number of aryl methyl sites for hydroxylation is 1. The van der Waals surface area contributed by atoms with Gasteiger partial charge in [-0.25, -0.2) is 9.67 Å². The second-order valence-electron chi connectivity index (χ2n) is 2.83. The van der Waals surface area contributed by atoms with Crippen LogP contribution >= 0.6 is 22.6 Å². The summed E-state index contributed by atoms with van der Waals surface area (Å²) in [5.41, 5.74) is 6.37. The van der Waals surface area contributed by atoms with Crippen LogP contribution in [0.2, 0.25) is 0 Å². The van der Waals surface area contributed by atoms with Gasteiger partial charge in [0, 0.05) is 18.0 Å². The second kappa shape index (κ2) is 3.52. The van der Waals surface area contributed by atoms with Crippen molar-refractivity contribution >= 4 is 28.5 Å². The van der Waals surface area contributed by atoms with Crippen LogP contribution in [0.5, 0.6) is 0 Å². The van der Waals surface area contributed by atoms with Gasteiger partial charge >= 0.3 is 0 Å². The van der Waals surface area contributed by atoms with Crippen molar-refractivity contribution in [2.24, 2.45) is 0 Å². The summed E-state index contributed by atoms with van der Waals surface area (Å²) in [6, 6.07) is 1.83. The summed E-state index contributed by atoms with van der Waals surface area (Å²) in [5.74, 6) is 0.962. The number of halogens is 1. The number of hydrogen-bond donors (Lipinski definition) is 1. The second-order valence-corrected chi connectivity index (χ2v) is 4.07. The largest absolute Gasteiger partial charge is 0.368 e. The van der Waals surface area contributed by atoms with Gasteiger partial charge in [0.1, 0.15) is 0 Å². The smallest absolute Gasteiger partial charge is 0.222 e. The Hall–Kier alpha value is -1.18. The molecule has 0 unspecified atom stereocenters. The summed E-state index contributed by atoms with van der Waals surface area (Å²) < 4.78 is 2.73. The minimum Gasteiger partial charge on any atom is -0.368 e. The van der Waals surface area contributed by atoms with Gasteiger partial charge in [-0.05, 0) is 29.5 Å². The van der Waals surface area contributed by atoms with Crippen LogP contribution in [0.3, 0.4) is 0 Å². The molecule has 2 N–H and O–H groups in total. The molecule has 2 aromatic rings. The van der Waals surface area contributed by atoms with E-state index in [4.69, 9.17) is 5.73 Å². The molecule has 0 saturated heterocycles. The highest BCUT2D eigenvalue weighted by Crippen LogP contribution is 2.09. The third-order valence-electron chi connectivity index (χ3n) is 1.64. The summed E-state index contributed by atoms with van der Waals surface area (Å²) in [6.07, 6.45) is 3.63. The average molecular weight is 301 g/mol. The molecule has 0 fully saturated rings. The molecule has 2 aromatic heterocycles. The van der Waals surface area contributed by atoms with E-state index in [9.17, 15) is 0 Å². The number of nitrogens with zero attached hydrogens (tertiary/aromatic N) is 4. The first kappa shape index (κ1) is 9.38. The molecule has 5 nitrogen and oxygen atoms in total. The molecular weight excluding hydrogens is 293 g/mol. The number of nitrogens with two attached hydrogens (primary N) is 1. The summed E-state index contributed by atoms with van der Waals surface area (Å²) in [5, 5.41) is 4.13. The van der Waals surface area contributed by atoms with Crippen molar-refractivity contribution in [1.82, 2.24) is 19.7 Å². The maximum absolute atomic E-state index is 5.54. The standard InChI is InChI=1S/C8H8IN5/c1-5-2-7(13-8(10)12-5)14-4-6(9)3-11-14/h2-4H,1H3,(H2,10,12,13). The number of aromatic nitrogens is 4. The number of hydrogen-bond acceptors (Lipinski definition) is 4. The van der Waals surface area contributed by atoms with E-state index < -0.39 is 0 Å². The molecule has 0 aliphatic carbocycles. The van der Waals surface area contributed by atoms with Crippen molar-refractivity contribution in [2.75, 3.05) is 5.73 Å². The molecule has 0 aromatic carbocycles. The van der Waals surface area contributed by atoms with E-state index in [1.807, 2.05) is 19.2 Å². The molecule has 0 amide bonds. The zero-order chi connectivity index (χ0) is 10.1. The molecule has 14 heavy (non-hydrogen) atoms. The normalized spacial score (nSPS) is 10.4. The highest BCUT2D eigenvalue weighted by atomic mass is 127. The van der Waals surface area contributed by atoms with Crippen molar-refractivity contribution in [3.05, 3.63) is 27.7 Å². The van der Waals surface area contributed by atoms with E-state index in [0.717, 1.165) is 9.26 Å². The van der Waals surface area contributed by atoms with Gasteiger partial charge in [-0.3, -0.25) is 0 Å². The molecule has 2 heterocycles. The van der Waals surface area contributed by atoms with E-state index in [0.29, 0.717) is 5.82 Å². The van der Waals surface area contributed by atoms with Crippen LogP contribution in [0.15, 0.2) is 18.5 Å². The Kier molecular flexibility index (Phi) is 2.36. The van der Waals surface area contributed by atoms with E-state index in [-0.39, 0.29) is 5.95 Å². The van der Waals surface area contributed by atoms with Crippen LogP contribution in [0, 0.1) is 10.5 Å². The number of anilines is 1. The molecule has 0 aliphatic heterocycles. The predicted octanol–water partition coefficient (Wildman–Crippen LogP) is 1.16. The lowest BCUT2D eigenvalue weighted by Gasteiger charge is -2.01. The maximum atomic E-state index is 5.54. The Morgan fingerprint density at radius 1 is 1.43 bits per heavy atom. The maximum Gasteiger partial charge on any atom is 0.222 e. The lowest BCUT2D eigenvalue weighted by atomic mass is 10.4. The van der Waals surface area contributed by atoms with Crippen LogP contribution < -0.4 is 5.73 Å². The lowest BCUT2D eigenvalue weighted by molar-refractivity contribution is 0.838. The first-order chi connectivity index (χ1) is 6.65. The average Bonchev–Trinajstić information content (AvgIpc) is 2.50. The quantitative estimate of drug-likeness (QED) is 0.802. The highest BCUT2D eigenvalue weighted by molar-refractivity contribution is 14.1. The van der Waals surface area contributed by atoms with E-state index in [1.165, 1.54) is 0 Å². The molecule has 0 radical (unpaired) electrons. The van der Waals surface area contributed by atoms with Crippen LogP contribution in [-0.4, -0.2) is 19.7 Å². The fourth-order valence-corrected chi connectivity index (χ4v) is 1.51. The number of nitrogen functional groups attached to an aromatic ring is 1. The summed E-state index contributed by atoms with van der Waals surface area (Å²) >= 11 is 2.19. The highest BCUT2D eigenvalue weighted by Gasteiger charge is 2.02. The first-order valence-electron chi connectivity index (χ1n) is 3.97. The molecule has 0 spiro atoms. The Morgan fingerprint density at radius 3 is 2.79 bits per heavy atom. The van der Waals surface area contributed by atoms with Gasteiger partial charge in [0.25, 0.3) is 0 Å². The zero-order valence-corrected chi connectivity index (χ0v) is 9.63. The number of rotatable bonds is 1. The Balaban J connectivity index is 2.51. The Bertz CT molecular complexity index is 444. The van der Waals surface area contributed by atoms with Gasteiger partial charge in [0.2, 0.25) is 5.95 Å². The third-order valence-corrected chi connectivity index (χ3v) is 2.20. The fraction of sp³-hybridized carbons (Fsp3) is 0.125. The van der Waals surface area contributed by atoms with E-state index in [2.05, 4.69) is 37.7 Å². The molecule has 72 valence electrons. The van der Waals surface area contributed by atoms with Crippen molar-refractivity contribution < 1.29 is 0 Å². The van der Waals surface area contributed by atoms with Crippen LogP contribution in [0.1, 0.15) is 5.69 Å². The van der Waals surface area contributed by atoms with Crippen molar-refractivity contribution in [2.45, 2.75) is 6.92 Å². The summed E-state index contributed by atoms with van der Waals surface area (Å²) in [4.78, 5) is 8.07. The van der Waals surface area contributed by atoms with Crippen molar-refractivity contribution in [3.63, 3.8) is 0 Å². The van der Waals surface area contributed by atoms with Gasteiger partial charge in [-0.1, -0.05) is 0 Å². The van der Waals surface area contributed by atoms with E-state index >= 15 is 0 Å². The molecule has 0 atom stereocenters. The van der Waals surface area contributed by atoms with Gasteiger partial charge in [0.05, 0.1) is 9.77 Å². The van der Waals surface area contributed by atoms with Gasteiger partial charge in [-0.2, -0.15) is 10.1 Å². The monoisotopic (exact) mass is 301 g/mol. The predicted molar refractivity (Wildman–Crippen MR) is 61.0 cm³/mol. The molecule has 2 rings (SSSR count). The first-order valence-corrected chi connectivity index (χ1v) is 5.05. The lowest BCUT2D eigenvalue weighted by Crippen LogP contribution is -2.04. The summed E-state index contributed by atoms with van der Waals surface area (Å²) in [6.45, 7) is 1.87. The minimum atomic E-state index is 0.269. The van der Waals surface area contributed by atoms with Gasteiger partial charge in [-0.15, -0.1) is 0 Å². The molecule has 0 saturated carbocycles. The molecule has 0 aliphatic rings. The molecular formula is C8H8IN5. The SMILES string of the molecule is Cc1cc(-n2cc(I)cn2)nc(N)n1. The van der Waals surface area contributed by atoms with Gasteiger partial charge in [0.15, 0.2) is 5.82 Å². The Morgan fingerprint density at radius 2 is 2.21 bits per heavy atom. The van der Waals surface area contributed by atoms with Crippen LogP contribution in [0.4, 0.5) is 5.95 Å².